The highest BCUT2D eigenvalue weighted by molar-refractivity contribution is 5.97. The van der Waals surface area contributed by atoms with E-state index in [1.54, 1.807) is 16.7 Å². The van der Waals surface area contributed by atoms with Crippen molar-refractivity contribution in [2.45, 2.75) is 74.0 Å². The van der Waals surface area contributed by atoms with E-state index in [4.69, 9.17) is 0 Å². The summed E-state index contributed by atoms with van der Waals surface area (Å²) in [5.41, 5.74) is 31.7. The molecule has 1 fully saturated rings. The maximum Gasteiger partial charge on any atom is 0.0713 e. The second kappa shape index (κ2) is 19.9. The van der Waals surface area contributed by atoms with Crippen LogP contribution in [0.2, 0.25) is 0 Å². The molecule has 0 aliphatic heterocycles. The fourth-order valence-electron chi connectivity index (χ4n) is 16.4. The molecule has 82 heavy (non-hydrogen) atoms. The topological polar surface area (TPSA) is 0 Å². The van der Waals surface area contributed by atoms with Gasteiger partial charge in [-0.25, -0.2) is 0 Å². The molecule has 0 bridgehead atoms. The highest BCUT2D eigenvalue weighted by Gasteiger charge is 2.52. The molecule has 0 heterocycles. The Morgan fingerprint density at radius 1 is 0.268 bits per heavy atom. The molecule has 11 aromatic carbocycles. The third-order valence-electron chi connectivity index (χ3n) is 19.7. The molecule has 7 aliphatic carbocycles. The van der Waals surface area contributed by atoms with E-state index < -0.39 is 0 Å². The fourth-order valence-corrected chi connectivity index (χ4v) is 16.4. The monoisotopic (exact) mass is 1050 g/mol. The van der Waals surface area contributed by atoms with Gasteiger partial charge in [-0.05, 0) is 148 Å². The van der Waals surface area contributed by atoms with E-state index >= 15 is 0 Å². The van der Waals surface area contributed by atoms with Gasteiger partial charge in [0.05, 0.1) is 10.8 Å². The van der Waals surface area contributed by atoms with E-state index in [1.165, 1.54) is 131 Å². The molecule has 0 N–H and O–H groups in total. The third-order valence-corrected chi connectivity index (χ3v) is 19.7. The van der Waals surface area contributed by atoms with Crippen LogP contribution in [0, 0.1) is 0 Å². The molecular weight excluding hydrogens is 985 g/mol. The average Bonchev–Trinajstić information content (AvgIpc) is 2.43. The number of rotatable bonds is 2. The van der Waals surface area contributed by atoms with Gasteiger partial charge >= 0.3 is 0 Å². The van der Waals surface area contributed by atoms with Crippen molar-refractivity contribution in [1.29, 1.82) is 0 Å². The normalized spacial score (nSPS) is 16.7. The molecule has 0 amide bonds. The standard InChI is InChI=1S/2C25H18.C17H16.C15H14/c1-5-13-21-17(9-1)18-10-2-6-14-22(18)25(21)23-15-7-3-11-19(23)20-12-4-8-16-24(20)25;1-3-11-19(12-4-1)25(20-13-5-2-6-14-20)23-17-9-7-15-21(23)22-16-8-10-18-24(22)25;1-3-9-15-13(7-1)14-8-2-4-10-16(14)17(15)11-5-6-12-17;1-15(2)13-9-5-3-7-11(13)12-8-4-6-10-14(12)15/h1-7,9-15H,8,16H2;1-18H;1-4,7-10H,5-6,11-12H2;3-10H,1-2H3. The van der Waals surface area contributed by atoms with Crippen LogP contribution < -0.4 is 0 Å². The number of hydrogen-bond donors (Lipinski definition) is 0. The van der Waals surface area contributed by atoms with Crippen molar-refractivity contribution in [1.82, 2.24) is 0 Å². The smallest absolute Gasteiger partial charge is 0.0713 e. The van der Waals surface area contributed by atoms with E-state index in [0.717, 1.165) is 12.8 Å². The van der Waals surface area contributed by atoms with E-state index in [9.17, 15) is 0 Å². The zero-order valence-electron chi connectivity index (χ0n) is 47.0. The number of hydrogen-bond acceptors (Lipinski definition) is 0. The van der Waals surface area contributed by atoms with Crippen LogP contribution in [-0.4, -0.2) is 0 Å². The predicted octanol–water partition coefficient (Wildman–Crippen LogP) is 20.7. The van der Waals surface area contributed by atoms with Gasteiger partial charge in [-0.15, -0.1) is 0 Å². The van der Waals surface area contributed by atoms with Gasteiger partial charge in [0.25, 0.3) is 0 Å². The lowest BCUT2D eigenvalue weighted by molar-refractivity contribution is 0.550. The Hall–Kier alpha value is -9.10. The zero-order chi connectivity index (χ0) is 54.9. The Balaban J connectivity index is 0.0000000958. The second-order valence-electron chi connectivity index (χ2n) is 23.9. The van der Waals surface area contributed by atoms with Gasteiger partial charge in [-0.1, -0.05) is 318 Å². The Bertz CT molecular complexity index is 4080. The maximum absolute atomic E-state index is 2.36. The van der Waals surface area contributed by atoms with Crippen LogP contribution in [-0.2, 0) is 21.7 Å². The molecule has 0 atom stereocenters. The average molecular weight is 1050 g/mol. The molecule has 0 heteroatoms. The van der Waals surface area contributed by atoms with Gasteiger partial charge < -0.3 is 0 Å². The summed E-state index contributed by atoms with van der Waals surface area (Å²) in [6.07, 6.45) is 12.4. The van der Waals surface area contributed by atoms with Crippen molar-refractivity contribution < 1.29 is 0 Å². The first-order valence-corrected chi connectivity index (χ1v) is 29.9. The molecule has 0 aromatic heterocycles. The summed E-state index contributed by atoms with van der Waals surface area (Å²) in [7, 11) is 0. The third kappa shape index (κ3) is 7.30. The summed E-state index contributed by atoms with van der Waals surface area (Å²) in [6.45, 7) is 4.61. The molecule has 7 aliphatic rings. The van der Waals surface area contributed by atoms with Crippen LogP contribution in [0.15, 0.2) is 297 Å². The fraction of sp³-hybridized carbons (Fsp3) is 0.146. The minimum atomic E-state index is -0.254. The molecule has 0 unspecified atom stereocenters. The van der Waals surface area contributed by atoms with Crippen LogP contribution in [0.25, 0.3) is 50.1 Å². The summed E-state index contributed by atoms with van der Waals surface area (Å²) < 4.78 is 0. The molecule has 394 valence electrons. The molecule has 1 saturated carbocycles. The first kappa shape index (κ1) is 49.9. The highest BCUT2D eigenvalue weighted by atomic mass is 14.5. The number of fused-ring (bicyclic) bond motifs is 20. The van der Waals surface area contributed by atoms with Crippen molar-refractivity contribution in [3.63, 3.8) is 0 Å². The maximum atomic E-state index is 2.36. The quantitative estimate of drug-likeness (QED) is 0.162. The van der Waals surface area contributed by atoms with Crippen LogP contribution in [0.4, 0.5) is 0 Å². The van der Waals surface area contributed by atoms with E-state index in [0.29, 0.717) is 5.41 Å². The van der Waals surface area contributed by atoms with E-state index in [1.807, 2.05) is 0 Å². The highest BCUT2D eigenvalue weighted by Crippen LogP contribution is 2.64. The SMILES string of the molecule is C1=CC2=C(CC1)C1(c3ccccc32)c2ccccc2-c2ccccc21.CC1(C)c2ccccc2-c2ccccc21.c1ccc(C2(c3ccccc3)c3ccccc3-c3ccccc32)cc1.c1ccc2c(c1)-c1ccccc1C21CCCC1. The summed E-state index contributed by atoms with van der Waals surface area (Å²) in [5.74, 6) is 0. The molecule has 2 spiro atoms. The van der Waals surface area contributed by atoms with E-state index in [2.05, 4.69) is 305 Å². The van der Waals surface area contributed by atoms with Crippen LogP contribution in [0.3, 0.4) is 0 Å². The van der Waals surface area contributed by atoms with Gasteiger partial charge in [-0.3, -0.25) is 0 Å². The zero-order valence-corrected chi connectivity index (χ0v) is 47.0. The van der Waals surface area contributed by atoms with Gasteiger partial charge in [-0.2, -0.15) is 0 Å². The molecule has 0 nitrogen and oxygen atoms in total. The van der Waals surface area contributed by atoms with Crippen molar-refractivity contribution in [2.24, 2.45) is 0 Å². The van der Waals surface area contributed by atoms with Crippen LogP contribution >= 0.6 is 0 Å². The van der Waals surface area contributed by atoms with Crippen LogP contribution in [0.1, 0.15) is 119 Å². The lowest BCUT2D eigenvalue weighted by Gasteiger charge is -2.33. The molecule has 0 saturated heterocycles. The number of allylic oxidation sites excluding steroid dienone is 4. The van der Waals surface area contributed by atoms with Crippen molar-refractivity contribution in [3.05, 3.63) is 364 Å². The van der Waals surface area contributed by atoms with Gasteiger partial charge in [0.15, 0.2) is 0 Å². The summed E-state index contributed by atoms with van der Waals surface area (Å²) in [4.78, 5) is 0. The molecule has 11 aromatic rings. The summed E-state index contributed by atoms with van der Waals surface area (Å²) in [5, 5.41) is 0. The lowest BCUT2D eigenvalue weighted by atomic mass is 9.68. The second-order valence-corrected chi connectivity index (χ2v) is 23.9. The first-order chi connectivity index (χ1) is 40.5. The van der Waals surface area contributed by atoms with E-state index in [-0.39, 0.29) is 16.2 Å². The Morgan fingerprint density at radius 2 is 0.549 bits per heavy atom. The molecule has 0 radical (unpaired) electrons. The Labute approximate surface area is 484 Å². The summed E-state index contributed by atoms with van der Waals surface area (Å²) in [6, 6.07) is 102. The summed E-state index contributed by atoms with van der Waals surface area (Å²) >= 11 is 0. The van der Waals surface area contributed by atoms with Gasteiger partial charge in [0, 0.05) is 10.8 Å². The minimum Gasteiger partial charge on any atom is -0.0836 e. The van der Waals surface area contributed by atoms with Crippen molar-refractivity contribution in [3.8, 4) is 44.5 Å². The number of benzene rings is 11. The van der Waals surface area contributed by atoms with Crippen LogP contribution in [0.5, 0.6) is 0 Å². The molecular formula is C82H66. The van der Waals surface area contributed by atoms with Crippen molar-refractivity contribution >= 4 is 5.57 Å². The largest absolute Gasteiger partial charge is 0.0836 e. The Morgan fingerprint density at radius 3 is 0.939 bits per heavy atom. The molecule has 18 rings (SSSR count). The lowest BCUT2D eigenvalue weighted by Crippen LogP contribution is -2.28. The van der Waals surface area contributed by atoms with Crippen molar-refractivity contribution in [2.75, 3.05) is 0 Å². The minimum absolute atomic E-state index is 0.0934. The van der Waals surface area contributed by atoms with Gasteiger partial charge in [0.2, 0.25) is 0 Å². The van der Waals surface area contributed by atoms with Gasteiger partial charge in [0.1, 0.15) is 0 Å². The Kier molecular flexibility index (Phi) is 12.1. The predicted molar refractivity (Wildman–Crippen MR) is 342 cm³/mol. The first-order valence-electron chi connectivity index (χ1n) is 29.9.